The highest BCUT2D eigenvalue weighted by atomic mass is 16.5. The maximum absolute atomic E-state index is 5.63. The third-order valence-corrected chi connectivity index (χ3v) is 2.93. The van der Waals surface area contributed by atoms with Gasteiger partial charge in [-0.3, -0.25) is 5.10 Å². The number of hydrogen-bond acceptors (Lipinski definition) is 3. The average Bonchev–Trinajstić information content (AvgIpc) is 2.90. The maximum atomic E-state index is 5.63. The zero-order valence-electron chi connectivity index (χ0n) is 11.8. The molecule has 4 heteroatoms. The zero-order chi connectivity index (χ0) is 13.7. The number of hydrogen-bond donors (Lipinski definition) is 1. The van der Waals surface area contributed by atoms with Crippen molar-refractivity contribution in [1.29, 1.82) is 0 Å². The molecule has 0 amide bonds. The van der Waals surface area contributed by atoms with Gasteiger partial charge in [-0.05, 0) is 30.7 Å². The molecule has 1 N–H and O–H groups in total. The van der Waals surface area contributed by atoms with E-state index in [1.807, 2.05) is 24.3 Å². The number of unbranched alkanes of at least 4 members (excludes halogenated alkanes) is 1. The van der Waals surface area contributed by atoms with E-state index in [0.29, 0.717) is 5.92 Å². The van der Waals surface area contributed by atoms with Crippen molar-refractivity contribution in [2.75, 3.05) is 6.61 Å². The predicted octanol–water partition coefficient (Wildman–Crippen LogP) is 3.77. The number of aromatic amines is 1. The summed E-state index contributed by atoms with van der Waals surface area (Å²) in [4.78, 5) is 4.48. The molecule has 0 spiro atoms. The highest BCUT2D eigenvalue weighted by molar-refractivity contribution is 5.55. The molecule has 4 nitrogen and oxygen atoms in total. The first-order valence-electron chi connectivity index (χ1n) is 6.86. The maximum Gasteiger partial charge on any atom is 0.181 e. The van der Waals surface area contributed by atoms with E-state index in [9.17, 15) is 0 Å². The van der Waals surface area contributed by atoms with E-state index in [0.717, 1.165) is 42.4 Å². The smallest absolute Gasteiger partial charge is 0.181 e. The van der Waals surface area contributed by atoms with E-state index in [1.165, 1.54) is 0 Å². The summed E-state index contributed by atoms with van der Waals surface area (Å²) in [7, 11) is 0. The summed E-state index contributed by atoms with van der Waals surface area (Å²) in [6.45, 7) is 7.11. The molecule has 1 heterocycles. The summed E-state index contributed by atoms with van der Waals surface area (Å²) in [5, 5.41) is 7.20. The van der Waals surface area contributed by atoms with Crippen LogP contribution in [0.15, 0.2) is 24.3 Å². The van der Waals surface area contributed by atoms with Gasteiger partial charge in [0.1, 0.15) is 11.6 Å². The first kappa shape index (κ1) is 13.6. The van der Waals surface area contributed by atoms with Gasteiger partial charge in [0.25, 0.3) is 0 Å². The average molecular weight is 259 g/mol. The summed E-state index contributed by atoms with van der Waals surface area (Å²) in [5.74, 6) is 2.91. The predicted molar refractivity (Wildman–Crippen MR) is 76.3 cm³/mol. The number of H-pyrrole nitrogens is 1. The SMILES string of the molecule is CCCCOc1ccc(-c2n[nH]c(C(C)C)n2)cc1. The monoisotopic (exact) mass is 259 g/mol. The van der Waals surface area contributed by atoms with Crippen molar-refractivity contribution < 1.29 is 4.74 Å². The minimum atomic E-state index is 0.359. The number of rotatable bonds is 6. The van der Waals surface area contributed by atoms with Crippen molar-refractivity contribution >= 4 is 0 Å². The van der Waals surface area contributed by atoms with Crippen molar-refractivity contribution in [3.8, 4) is 17.1 Å². The molecule has 0 radical (unpaired) electrons. The Morgan fingerprint density at radius 3 is 2.53 bits per heavy atom. The van der Waals surface area contributed by atoms with Gasteiger partial charge < -0.3 is 4.74 Å². The van der Waals surface area contributed by atoms with Crippen molar-refractivity contribution in [2.24, 2.45) is 0 Å². The first-order valence-corrected chi connectivity index (χ1v) is 6.86. The molecule has 1 aromatic carbocycles. The van der Waals surface area contributed by atoms with Crippen LogP contribution in [0.5, 0.6) is 5.75 Å². The summed E-state index contributed by atoms with van der Waals surface area (Å²) in [6.07, 6.45) is 2.23. The molecule has 2 aromatic rings. The van der Waals surface area contributed by atoms with Gasteiger partial charge in [-0.15, -0.1) is 0 Å². The van der Waals surface area contributed by atoms with Crippen molar-refractivity contribution in [3.63, 3.8) is 0 Å². The van der Waals surface area contributed by atoms with Crippen LogP contribution >= 0.6 is 0 Å². The second-order valence-electron chi connectivity index (χ2n) is 4.93. The molecular formula is C15H21N3O. The van der Waals surface area contributed by atoms with Gasteiger partial charge in [0, 0.05) is 11.5 Å². The summed E-state index contributed by atoms with van der Waals surface area (Å²) in [5.41, 5.74) is 1.01. The van der Waals surface area contributed by atoms with Crippen molar-refractivity contribution in [3.05, 3.63) is 30.1 Å². The van der Waals surface area contributed by atoms with Crippen molar-refractivity contribution in [1.82, 2.24) is 15.2 Å². The van der Waals surface area contributed by atoms with Crippen molar-refractivity contribution in [2.45, 2.75) is 39.5 Å². The number of benzene rings is 1. The van der Waals surface area contributed by atoms with Gasteiger partial charge in [0.2, 0.25) is 0 Å². The van der Waals surface area contributed by atoms with Gasteiger partial charge in [-0.25, -0.2) is 4.98 Å². The fraction of sp³-hybridized carbons (Fsp3) is 0.467. The Labute approximate surface area is 114 Å². The lowest BCUT2D eigenvalue weighted by molar-refractivity contribution is 0.309. The molecule has 0 saturated carbocycles. The van der Waals surface area contributed by atoms with E-state index in [1.54, 1.807) is 0 Å². The summed E-state index contributed by atoms with van der Waals surface area (Å²) in [6, 6.07) is 7.93. The second-order valence-corrected chi connectivity index (χ2v) is 4.93. The fourth-order valence-electron chi connectivity index (χ4n) is 1.70. The molecule has 0 bridgehead atoms. The molecule has 0 aliphatic rings. The minimum Gasteiger partial charge on any atom is -0.494 e. The minimum absolute atomic E-state index is 0.359. The topological polar surface area (TPSA) is 50.8 Å². The van der Waals surface area contributed by atoms with Crippen LogP contribution in [0.25, 0.3) is 11.4 Å². The molecule has 19 heavy (non-hydrogen) atoms. The first-order chi connectivity index (χ1) is 9.20. The van der Waals surface area contributed by atoms with Gasteiger partial charge in [0.05, 0.1) is 6.61 Å². The van der Waals surface area contributed by atoms with Crippen LogP contribution in [0.4, 0.5) is 0 Å². The molecule has 0 saturated heterocycles. The van der Waals surface area contributed by atoms with E-state index in [2.05, 4.69) is 36.0 Å². The Kier molecular flexibility index (Phi) is 4.55. The van der Waals surface area contributed by atoms with Gasteiger partial charge in [-0.1, -0.05) is 27.2 Å². The Morgan fingerprint density at radius 2 is 1.95 bits per heavy atom. The lowest BCUT2D eigenvalue weighted by Crippen LogP contribution is -1.96. The third kappa shape index (κ3) is 3.56. The van der Waals surface area contributed by atoms with E-state index >= 15 is 0 Å². The van der Waals surface area contributed by atoms with Crippen LogP contribution in [0.1, 0.15) is 45.4 Å². The Balaban J connectivity index is 2.04. The standard InChI is InChI=1S/C15H21N3O/c1-4-5-10-19-13-8-6-12(7-9-13)15-16-14(11(2)3)17-18-15/h6-9,11H,4-5,10H2,1-3H3,(H,16,17,18). The lowest BCUT2D eigenvalue weighted by atomic mass is 10.2. The largest absolute Gasteiger partial charge is 0.494 e. The molecule has 0 aliphatic heterocycles. The highest BCUT2D eigenvalue weighted by Gasteiger charge is 2.08. The quantitative estimate of drug-likeness (QED) is 0.803. The third-order valence-electron chi connectivity index (χ3n) is 2.93. The molecule has 2 rings (SSSR count). The van der Waals surface area contributed by atoms with Gasteiger partial charge >= 0.3 is 0 Å². The molecular weight excluding hydrogens is 238 g/mol. The van der Waals surface area contributed by atoms with Gasteiger partial charge in [0.15, 0.2) is 5.82 Å². The fourth-order valence-corrected chi connectivity index (χ4v) is 1.70. The molecule has 0 fully saturated rings. The van der Waals surface area contributed by atoms with Crippen LogP contribution < -0.4 is 4.74 Å². The normalized spacial score (nSPS) is 10.9. The van der Waals surface area contributed by atoms with Crippen LogP contribution in [-0.2, 0) is 0 Å². The molecule has 0 unspecified atom stereocenters. The lowest BCUT2D eigenvalue weighted by Gasteiger charge is -2.05. The zero-order valence-corrected chi connectivity index (χ0v) is 11.8. The number of nitrogens with zero attached hydrogens (tertiary/aromatic N) is 2. The molecule has 0 atom stereocenters. The van der Waals surface area contributed by atoms with E-state index < -0.39 is 0 Å². The van der Waals surface area contributed by atoms with Crippen LogP contribution in [-0.4, -0.2) is 21.8 Å². The Hall–Kier alpha value is -1.84. The van der Waals surface area contributed by atoms with E-state index in [-0.39, 0.29) is 0 Å². The molecule has 102 valence electrons. The second kappa shape index (κ2) is 6.36. The molecule has 1 aromatic heterocycles. The number of nitrogens with one attached hydrogen (secondary N) is 1. The Morgan fingerprint density at radius 1 is 1.21 bits per heavy atom. The number of aromatic nitrogens is 3. The van der Waals surface area contributed by atoms with E-state index in [4.69, 9.17) is 4.74 Å². The molecule has 0 aliphatic carbocycles. The highest BCUT2D eigenvalue weighted by Crippen LogP contribution is 2.20. The Bertz CT molecular complexity index is 502. The summed E-state index contributed by atoms with van der Waals surface area (Å²) >= 11 is 0. The summed E-state index contributed by atoms with van der Waals surface area (Å²) < 4.78 is 5.63. The van der Waals surface area contributed by atoms with Crippen LogP contribution in [0.2, 0.25) is 0 Å². The van der Waals surface area contributed by atoms with Crippen LogP contribution in [0.3, 0.4) is 0 Å². The number of ether oxygens (including phenoxy) is 1. The van der Waals surface area contributed by atoms with Gasteiger partial charge in [-0.2, -0.15) is 5.10 Å². The van der Waals surface area contributed by atoms with Crippen LogP contribution in [0, 0.1) is 0 Å².